The Labute approximate surface area is 107 Å². The number of H-pyrrole nitrogens is 1. The molecule has 4 nitrogen and oxygen atoms in total. The molecule has 1 N–H and O–H groups in total. The van der Waals surface area contributed by atoms with Crippen molar-refractivity contribution in [3.63, 3.8) is 0 Å². The Balaban J connectivity index is 2.45. The predicted octanol–water partition coefficient (Wildman–Crippen LogP) is 2.20. The second kappa shape index (κ2) is 3.95. The number of rotatable bonds is 2. The lowest BCUT2D eigenvalue weighted by atomic mass is 10.0. The monoisotopic (exact) mass is 274 g/mol. The van der Waals surface area contributed by atoms with Gasteiger partial charge in [-0.15, -0.1) is 0 Å². The third-order valence-electron chi connectivity index (χ3n) is 3.38. The summed E-state index contributed by atoms with van der Waals surface area (Å²) in [6.45, 7) is 6.12. The molecule has 2 rings (SSSR count). The van der Waals surface area contributed by atoms with Gasteiger partial charge >= 0.3 is 0 Å². The molecule has 0 saturated carbocycles. The summed E-state index contributed by atoms with van der Waals surface area (Å²) in [5.41, 5.74) is 0.642. The van der Waals surface area contributed by atoms with E-state index in [0.29, 0.717) is 17.0 Å². The highest BCUT2D eigenvalue weighted by molar-refractivity contribution is 7.91. The minimum Gasteiger partial charge on any atom is -0.301 e. The van der Waals surface area contributed by atoms with Gasteiger partial charge in [0.25, 0.3) is 0 Å². The van der Waals surface area contributed by atoms with Crippen molar-refractivity contribution in [2.75, 3.05) is 11.5 Å². The first kappa shape index (κ1) is 12.8. The molecule has 1 aliphatic heterocycles. The second-order valence-corrected chi connectivity index (χ2v) is 7.98. The Morgan fingerprint density at radius 2 is 2.18 bits per heavy atom. The van der Waals surface area contributed by atoms with E-state index >= 15 is 0 Å². The molecule has 1 fully saturated rings. The standard InChI is InChI=1S/C11H18N2O2S2/c1-8(2)9-6-10(16)13(12-9)11(3)4-5-17(14,15)7-11/h6,8,12H,4-5,7H2,1-3H3. The third-order valence-corrected chi connectivity index (χ3v) is 5.57. The Morgan fingerprint density at radius 1 is 1.53 bits per heavy atom. The van der Waals surface area contributed by atoms with Gasteiger partial charge in [0.15, 0.2) is 9.84 Å². The zero-order valence-corrected chi connectivity index (χ0v) is 12.0. The van der Waals surface area contributed by atoms with Gasteiger partial charge in [0.05, 0.1) is 17.0 Å². The van der Waals surface area contributed by atoms with Crippen molar-refractivity contribution in [1.82, 2.24) is 9.78 Å². The van der Waals surface area contributed by atoms with E-state index in [0.717, 1.165) is 5.69 Å². The van der Waals surface area contributed by atoms with Gasteiger partial charge in [-0.05, 0) is 25.3 Å². The number of nitrogens with one attached hydrogen (secondary N) is 1. The summed E-state index contributed by atoms with van der Waals surface area (Å²) in [6, 6.07) is 1.93. The minimum absolute atomic E-state index is 0.173. The normalized spacial score (nSPS) is 27.8. The quantitative estimate of drug-likeness (QED) is 0.841. The lowest BCUT2D eigenvalue weighted by Crippen LogP contribution is -2.32. The molecular formula is C11H18N2O2S2. The van der Waals surface area contributed by atoms with Crippen LogP contribution in [0.4, 0.5) is 0 Å². The molecule has 0 amide bonds. The van der Waals surface area contributed by atoms with Gasteiger partial charge in [-0.2, -0.15) is 0 Å². The van der Waals surface area contributed by atoms with E-state index in [9.17, 15) is 8.42 Å². The smallest absolute Gasteiger partial charge is 0.152 e. The van der Waals surface area contributed by atoms with Crippen LogP contribution in [0.3, 0.4) is 0 Å². The van der Waals surface area contributed by atoms with Gasteiger partial charge in [-0.1, -0.05) is 26.1 Å². The van der Waals surface area contributed by atoms with Crippen molar-refractivity contribution >= 4 is 22.1 Å². The van der Waals surface area contributed by atoms with Crippen molar-refractivity contribution in [2.24, 2.45) is 0 Å². The Morgan fingerprint density at radius 3 is 2.59 bits per heavy atom. The molecule has 17 heavy (non-hydrogen) atoms. The average molecular weight is 274 g/mol. The summed E-state index contributed by atoms with van der Waals surface area (Å²) in [4.78, 5) is 0. The highest BCUT2D eigenvalue weighted by Gasteiger charge is 2.40. The SMILES string of the molecule is CC(C)c1cc(=S)n(C2(C)CCS(=O)(=O)C2)[nH]1. The van der Waals surface area contributed by atoms with E-state index in [1.54, 1.807) is 0 Å². The maximum Gasteiger partial charge on any atom is 0.152 e. The molecule has 0 radical (unpaired) electrons. The maximum atomic E-state index is 11.6. The van der Waals surface area contributed by atoms with Crippen LogP contribution >= 0.6 is 12.2 Å². The molecule has 1 unspecified atom stereocenters. The molecule has 0 bridgehead atoms. The van der Waals surface area contributed by atoms with E-state index in [1.165, 1.54) is 0 Å². The molecule has 1 saturated heterocycles. The van der Waals surface area contributed by atoms with Crippen LogP contribution in [-0.4, -0.2) is 29.7 Å². The fraction of sp³-hybridized carbons (Fsp3) is 0.727. The lowest BCUT2D eigenvalue weighted by molar-refractivity contribution is 0.322. The number of sulfone groups is 1. The fourth-order valence-electron chi connectivity index (χ4n) is 2.28. The van der Waals surface area contributed by atoms with E-state index in [2.05, 4.69) is 18.9 Å². The van der Waals surface area contributed by atoms with E-state index in [-0.39, 0.29) is 11.5 Å². The summed E-state index contributed by atoms with van der Waals surface area (Å²) in [7, 11) is -2.92. The highest BCUT2D eigenvalue weighted by atomic mass is 32.2. The molecule has 2 heterocycles. The highest BCUT2D eigenvalue weighted by Crippen LogP contribution is 2.31. The summed E-state index contributed by atoms with van der Waals surface area (Å²) in [5, 5.41) is 3.25. The molecule has 1 atom stereocenters. The van der Waals surface area contributed by atoms with Crippen LogP contribution in [0.1, 0.15) is 38.8 Å². The third kappa shape index (κ3) is 2.33. The minimum atomic E-state index is -2.92. The molecule has 0 aromatic carbocycles. The maximum absolute atomic E-state index is 11.6. The van der Waals surface area contributed by atoms with E-state index in [1.807, 2.05) is 17.7 Å². The molecule has 0 aliphatic carbocycles. The van der Waals surface area contributed by atoms with Crippen LogP contribution < -0.4 is 0 Å². The Hall–Kier alpha value is -0.620. The largest absolute Gasteiger partial charge is 0.301 e. The van der Waals surface area contributed by atoms with Gasteiger partial charge < -0.3 is 5.10 Å². The lowest BCUT2D eigenvalue weighted by Gasteiger charge is -2.24. The molecule has 96 valence electrons. The summed E-state index contributed by atoms with van der Waals surface area (Å²) in [6.07, 6.45) is 0.627. The average Bonchev–Trinajstić information content (AvgIpc) is 2.69. The number of hydrogen-bond acceptors (Lipinski definition) is 3. The van der Waals surface area contributed by atoms with Crippen LogP contribution in [-0.2, 0) is 15.4 Å². The summed E-state index contributed by atoms with van der Waals surface area (Å²) < 4.78 is 25.8. The topological polar surface area (TPSA) is 54.9 Å². The van der Waals surface area contributed by atoms with Crippen molar-refractivity contribution in [3.8, 4) is 0 Å². The summed E-state index contributed by atoms with van der Waals surface area (Å²) >= 11 is 5.31. The molecule has 0 spiro atoms. The zero-order valence-electron chi connectivity index (χ0n) is 10.4. The van der Waals surface area contributed by atoms with Crippen molar-refractivity contribution in [1.29, 1.82) is 0 Å². The van der Waals surface area contributed by atoms with Crippen LogP contribution in [0.15, 0.2) is 6.07 Å². The Bertz CT molecular complexity index is 583. The van der Waals surface area contributed by atoms with E-state index in [4.69, 9.17) is 12.2 Å². The molecule has 1 aromatic heterocycles. The van der Waals surface area contributed by atoms with Crippen molar-refractivity contribution in [2.45, 2.75) is 38.6 Å². The van der Waals surface area contributed by atoms with Crippen LogP contribution in [0.25, 0.3) is 0 Å². The van der Waals surface area contributed by atoms with Gasteiger partial charge in [-0.3, -0.25) is 4.68 Å². The molecular weight excluding hydrogens is 256 g/mol. The first-order valence-electron chi connectivity index (χ1n) is 5.76. The number of aromatic nitrogens is 2. The summed E-state index contributed by atoms with van der Waals surface area (Å²) in [5.74, 6) is 0.785. The second-order valence-electron chi connectivity index (χ2n) is 5.38. The molecule has 6 heteroatoms. The molecule has 1 aromatic rings. The van der Waals surface area contributed by atoms with E-state index < -0.39 is 15.4 Å². The van der Waals surface area contributed by atoms with Gasteiger partial charge in [-0.25, -0.2) is 8.42 Å². The van der Waals surface area contributed by atoms with Gasteiger partial charge in [0.1, 0.15) is 4.64 Å². The number of hydrogen-bond donors (Lipinski definition) is 1. The van der Waals surface area contributed by atoms with Crippen LogP contribution in [0.2, 0.25) is 0 Å². The van der Waals surface area contributed by atoms with Gasteiger partial charge in [0, 0.05) is 5.69 Å². The van der Waals surface area contributed by atoms with Gasteiger partial charge in [0.2, 0.25) is 0 Å². The van der Waals surface area contributed by atoms with Crippen molar-refractivity contribution in [3.05, 3.63) is 16.4 Å². The van der Waals surface area contributed by atoms with Crippen LogP contribution in [0.5, 0.6) is 0 Å². The first-order valence-corrected chi connectivity index (χ1v) is 7.99. The zero-order chi connectivity index (χ0) is 12.8. The molecule has 1 aliphatic rings. The fourth-order valence-corrected chi connectivity index (χ4v) is 4.79. The van der Waals surface area contributed by atoms with Crippen molar-refractivity contribution < 1.29 is 8.42 Å². The number of aromatic amines is 1. The Kier molecular flexibility index (Phi) is 2.98. The predicted molar refractivity (Wildman–Crippen MR) is 70.6 cm³/mol. The first-order chi connectivity index (χ1) is 7.73. The van der Waals surface area contributed by atoms with Crippen LogP contribution in [0, 0.1) is 4.64 Å². The number of nitrogens with zero attached hydrogens (tertiary/aromatic N) is 1.